The fourth-order valence-corrected chi connectivity index (χ4v) is 2.10. The molecule has 5 N–H and O–H groups in total. The minimum absolute atomic E-state index is 0.0190. The molecule has 0 unspecified atom stereocenters. The van der Waals surface area contributed by atoms with Crippen LogP contribution < -0.4 is 21.3 Å². The summed E-state index contributed by atoms with van der Waals surface area (Å²) in [6.45, 7) is 1.69. The minimum Gasteiger partial charge on any atom is -0.382 e. The quantitative estimate of drug-likeness (QED) is 0.490. The van der Waals surface area contributed by atoms with Crippen LogP contribution in [0.15, 0.2) is 12.3 Å². The average Bonchev–Trinajstić information content (AvgIpc) is 2.54. The maximum Gasteiger partial charge on any atom is 0.433 e. The lowest BCUT2D eigenvalue weighted by molar-refractivity contribution is -0.141. The van der Waals surface area contributed by atoms with Gasteiger partial charge in [0.1, 0.15) is 0 Å². The molecular formula is C15H20F3N7O. The highest BCUT2D eigenvalue weighted by Crippen LogP contribution is 2.31. The van der Waals surface area contributed by atoms with E-state index in [1.807, 2.05) is 0 Å². The van der Waals surface area contributed by atoms with E-state index in [1.165, 1.54) is 6.20 Å². The van der Waals surface area contributed by atoms with Gasteiger partial charge in [0.25, 0.3) is 0 Å². The third-order valence-corrected chi connectivity index (χ3v) is 3.58. The van der Waals surface area contributed by atoms with Crippen LogP contribution in [0.25, 0.3) is 5.57 Å². The molecule has 11 heteroatoms. The van der Waals surface area contributed by atoms with Crippen molar-refractivity contribution in [1.29, 1.82) is 5.41 Å². The zero-order valence-corrected chi connectivity index (χ0v) is 13.9. The number of alkyl halides is 3. The van der Waals surface area contributed by atoms with Gasteiger partial charge in [-0.2, -0.15) is 13.2 Å². The lowest BCUT2D eigenvalue weighted by Crippen LogP contribution is -2.38. The fraction of sp³-hybridized carbons (Fsp3) is 0.467. The molecule has 1 saturated heterocycles. The number of nitrogens with one attached hydrogen (secondary N) is 3. The summed E-state index contributed by atoms with van der Waals surface area (Å²) in [7, 11) is 0. The van der Waals surface area contributed by atoms with Gasteiger partial charge >= 0.3 is 6.18 Å². The number of aromatic nitrogens is 2. The molecule has 1 aromatic heterocycles. The smallest absolute Gasteiger partial charge is 0.382 e. The number of rotatable bonds is 8. The Balaban J connectivity index is 2.21. The van der Waals surface area contributed by atoms with Crippen molar-refractivity contribution < 1.29 is 18.0 Å². The van der Waals surface area contributed by atoms with E-state index in [1.54, 1.807) is 4.90 Å². The maximum absolute atomic E-state index is 13.1. The van der Waals surface area contributed by atoms with Gasteiger partial charge in [0.05, 0.1) is 12.2 Å². The van der Waals surface area contributed by atoms with Crippen molar-refractivity contribution in [3.8, 4) is 0 Å². The standard InChI is InChI=1S/C15H20F3N7O/c16-15(17,18)12-6-11(23-14(24-12)25-4-1-5-25)10(7-20)8-21-9-13(26)22-3-2-19/h6-8,20-21H,1-5,9,19H2,(H,22,26)/b10-8+,20-7?. The number of anilines is 1. The highest BCUT2D eigenvalue weighted by atomic mass is 19.4. The van der Waals surface area contributed by atoms with E-state index in [0.29, 0.717) is 26.2 Å². The number of hydrogen-bond donors (Lipinski definition) is 4. The Morgan fingerprint density at radius 2 is 2.12 bits per heavy atom. The van der Waals surface area contributed by atoms with Gasteiger partial charge in [-0.05, 0) is 12.5 Å². The van der Waals surface area contributed by atoms with Crippen LogP contribution in [0.5, 0.6) is 0 Å². The largest absolute Gasteiger partial charge is 0.433 e. The van der Waals surface area contributed by atoms with Crippen molar-refractivity contribution in [2.45, 2.75) is 12.6 Å². The van der Waals surface area contributed by atoms with Crippen LogP contribution >= 0.6 is 0 Å². The Labute approximate surface area is 148 Å². The predicted molar refractivity (Wildman–Crippen MR) is 90.7 cm³/mol. The zero-order chi connectivity index (χ0) is 19.2. The molecule has 2 rings (SSSR count). The Kier molecular flexibility index (Phi) is 6.50. The van der Waals surface area contributed by atoms with Crippen molar-refractivity contribution in [2.75, 3.05) is 37.6 Å². The van der Waals surface area contributed by atoms with E-state index in [0.717, 1.165) is 18.7 Å². The molecule has 0 saturated carbocycles. The van der Waals surface area contributed by atoms with Gasteiger partial charge in [0.2, 0.25) is 11.9 Å². The molecule has 1 fully saturated rings. The first-order valence-electron chi connectivity index (χ1n) is 7.97. The van der Waals surface area contributed by atoms with Crippen molar-refractivity contribution in [1.82, 2.24) is 20.6 Å². The lowest BCUT2D eigenvalue weighted by atomic mass is 10.2. The molecule has 0 spiro atoms. The van der Waals surface area contributed by atoms with Crippen LogP contribution in [0.1, 0.15) is 17.8 Å². The normalized spacial score (nSPS) is 14.6. The van der Waals surface area contributed by atoms with Crippen LogP contribution in [-0.4, -0.2) is 54.8 Å². The molecule has 1 aromatic rings. The van der Waals surface area contributed by atoms with Gasteiger partial charge in [0.15, 0.2) is 5.69 Å². The molecule has 1 aliphatic heterocycles. The topological polar surface area (TPSA) is 120 Å². The molecule has 0 radical (unpaired) electrons. The average molecular weight is 371 g/mol. The highest BCUT2D eigenvalue weighted by Gasteiger charge is 2.35. The van der Waals surface area contributed by atoms with Crippen LogP contribution in [-0.2, 0) is 11.0 Å². The van der Waals surface area contributed by atoms with Crippen molar-refractivity contribution in [3.05, 3.63) is 23.7 Å². The number of allylic oxidation sites excluding steroid dienone is 1. The summed E-state index contributed by atoms with van der Waals surface area (Å²) in [4.78, 5) is 20.8. The lowest BCUT2D eigenvalue weighted by Gasteiger charge is -2.31. The monoisotopic (exact) mass is 371 g/mol. The van der Waals surface area contributed by atoms with E-state index >= 15 is 0 Å². The van der Waals surface area contributed by atoms with E-state index in [-0.39, 0.29) is 29.7 Å². The summed E-state index contributed by atoms with van der Waals surface area (Å²) >= 11 is 0. The van der Waals surface area contributed by atoms with Crippen LogP contribution in [0.3, 0.4) is 0 Å². The number of nitrogens with two attached hydrogens (primary N) is 1. The molecule has 0 atom stereocenters. The molecule has 0 bridgehead atoms. The highest BCUT2D eigenvalue weighted by molar-refractivity contribution is 6.07. The number of carbonyl (C=O) groups is 1. The molecular weight excluding hydrogens is 351 g/mol. The number of amides is 1. The molecule has 8 nitrogen and oxygen atoms in total. The molecule has 1 aliphatic rings. The molecule has 142 valence electrons. The number of nitrogens with zero attached hydrogens (tertiary/aromatic N) is 3. The van der Waals surface area contributed by atoms with Crippen molar-refractivity contribution >= 4 is 23.6 Å². The maximum atomic E-state index is 13.1. The van der Waals surface area contributed by atoms with Gasteiger partial charge in [-0.15, -0.1) is 0 Å². The molecule has 26 heavy (non-hydrogen) atoms. The Morgan fingerprint density at radius 3 is 2.65 bits per heavy atom. The second kappa shape index (κ2) is 8.61. The Hall–Kier alpha value is -2.69. The molecule has 1 amide bonds. The number of hydrogen-bond acceptors (Lipinski definition) is 7. The summed E-state index contributed by atoms with van der Waals surface area (Å²) in [5.74, 6) is -0.342. The van der Waals surface area contributed by atoms with E-state index < -0.39 is 11.9 Å². The van der Waals surface area contributed by atoms with Gasteiger partial charge in [-0.3, -0.25) is 4.79 Å². The molecule has 0 aromatic carbocycles. The minimum atomic E-state index is -4.63. The second-order valence-electron chi connectivity index (χ2n) is 5.54. The summed E-state index contributed by atoms with van der Waals surface area (Å²) in [6, 6.07) is 0.788. The Bertz CT molecular complexity index is 686. The number of halogens is 3. The Morgan fingerprint density at radius 1 is 1.38 bits per heavy atom. The predicted octanol–water partition coefficient (Wildman–Crippen LogP) is 0.360. The summed E-state index contributed by atoms with van der Waals surface area (Å²) in [5, 5.41) is 12.6. The summed E-state index contributed by atoms with van der Waals surface area (Å²) < 4.78 is 39.3. The SMILES string of the molecule is N=C/C(=C\NCC(=O)NCCN)c1cc(C(F)(F)F)nc(N2CCC2)n1. The van der Waals surface area contributed by atoms with Gasteiger partial charge in [0, 0.05) is 44.2 Å². The van der Waals surface area contributed by atoms with Crippen LogP contribution in [0.4, 0.5) is 19.1 Å². The fourth-order valence-electron chi connectivity index (χ4n) is 2.10. The van der Waals surface area contributed by atoms with Gasteiger partial charge < -0.3 is 26.7 Å². The van der Waals surface area contributed by atoms with E-state index in [2.05, 4.69) is 20.6 Å². The summed E-state index contributed by atoms with van der Waals surface area (Å²) in [5.41, 5.74) is 4.26. The van der Waals surface area contributed by atoms with E-state index in [4.69, 9.17) is 11.1 Å². The van der Waals surface area contributed by atoms with Gasteiger partial charge in [-0.25, -0.2) is 9.97 Å². The third-order valence-electron chi connectivity index (χ3n) is 3.58. The van der Waals surface area contributed by atoms with E-state index in [9.17, 15) is 18.0 Å². The first-order valence-corrected chi connectivity index (χ1v) is 7.97. The van der Waals surface area contributed by atoms with Crippen LogP contribution in [0, 0.1) is 5.41 Å². The number of carbonyl (C=O) groups excluding carboxylic acids is 1. The molecule has 2 heterocycles. The van der Waals surface area contributed by atoms with Crippen molar-refractivity contribution in [3.63, 3.8) is 0 Å². The second-order valence-corrected chi connectivity index (χ2v) is 5.54. The molecule has 0 aliphatic carbocycles. The van der Waals surface area contributed by atoms with Gasteiger partial charge in [-0.1, -0.05) is 0 Å². The zero-order valence-electron chi connectivity index (χ0n) is 13.9. The first kappa shape index (κ1) is 19.6. The van der Waals surface area contributed by atoms with Crippen molar-refractivity contribution in [2.24, 2.45) is 5.73 Å². The summed E-state index contributed by atoms with van der Waals surface area (Å²) in [6.07, 6.45) is -1.62. The third kappa shape index (κ3) is 5.15. The van der Waals surface area contributed by atoms with Crippen LogP contribution in [0.2, 0.25) is 0 Å². The first-order chi connectivity index (χ1) is 12.3.